The largest absolute Gasteiger partial charge is 0.493 e. The molecule has 0 aromatic heterocycles. The predicted molar refractivity (Wildman–Crippen MR) is 127 cm³/mol. The molecule has 0 radical (unpaired) electrons. The fourth-order valence-corrected chi connectivity index (χ4v) is 4.03. The lowest BCUT2D eigenvalue weighted by atomic mass is 10.1. The molecule has 2 aromatic rings. The van der Waals surface area contributed by atoms with Crippen molar-refractivity contribution in [2.75, 3.05) is 52.4 Å². The Kier molecular flexibility index (Phi) is 7.85. The number of piperazine rings is 1. The minimum atomic E-state index is -0.236. The van der Waals surface area contributed by atoms with Crippen LogP contribution in [0.4, 0.5) is 5.69 Å². The van der Waals surface area contributed by atoms with Gasteiger partial charge in [0, 0.05) is 43.5 Å². The summed E-state index contributed by atoms with van der Waals surface area (Å²) in [5.74, 6) is 1.53. The summed E-state index contributed by atoms with van der Waals surface area (Å²) in [4.78, 5) is 17.7. The molecule has 1 aliphatic heterocycles. The van der Waals surface area contributed by atoms with Crippen LogP contribution in [0.1, 0.15) is 42.7 Å². The van der Waals surface area contributed by atoms with Crippen LogP contribution in [-0.2, 0) is 0 Å². The third-order valence-corrected chi connectivity index (χ3v) is 6.07. The zero-order valence-electron chi connectivity index (χ0n) is 20.0. The number of benzene rings is 2. The first-order valence-corrected chi connectivity index (χ1v) is 11.1. The molecule has 1 heterocycles. The van der Waals surface area contributed by atoms with E-state index in [1.165, 1.54) is 0 Å². The van der Waals surface area contributed by atoms with Gasteiger partial charge in [-0.15, -0.1) is 0 Å². The van der Waals surface area contributed by atoms with E-state index in [1.807, 2.05) is 43.3 Å². The van der Waals surface area contributed by atoms with Crippen molar-refractivity contribution in [3.05, 3.63) is 47.5 Å². The van der Waals surface area contributed by atoms with Gasteiger partial charge in [0.15, 0.2) is 11.5 Å². The molecular formula is C25H35N3O4. The Morgan fingerprint density at radius 3 is 1.91 bits per heavy atom. The SMILES string of the molecule is COc1cc(C(C)NC(=O)c2ccc(N3CCN(C(C)C)CC3)cc2)cc(OC)c1OC. The van der Waals surface area contributed by atoms with Gasteiger partial charge in [0.05, 0.1) is 27.4 Å². The topological polar surface area (TPSA) is 63.3 Å². The second kappa shape index (κ2) is 10.6. The van der Waals surface area contributed by atoms with Gasteiger partial charge in [-0.3, -0.25) is 9.69 Å². The van der Waals surface area contributed by atoms with Crippen LogP contribution in [0.5, 0.6) is 17.2 Å². The standard InChI is InChI=1S/C25H35N3O4/c1-17(2)27-11-13-28(14-12-27)21-9-7-19(8-10-21)25(29)26-18(3)20-15-22(30-4)24(32-6)23(16-20)31-5/h7-10,15-18H,11-14H2,1-6H3,(H,26,29). The van der Waals surface area contributed by atoms with E-state index in [4.69, 9.17) is 14.2 Å². The molecule has 1 saturated heterocycles. The van der Waals surface area contributed by atoms with Gasteiger partial charge in [0.2, 0.25) is 5.75 Å². The van der Waals surface area contributed by atoms with Crippen LogP contribution in [0.25, 0.3) is 0 Å². The molecule has 0 spiro atoms. The summed E-state index contributed by atoms with van der Waals surface area (Å²) in [6.45, 7) is 10.5. The number of ether oxygens (including phenoxy) is 3. The van der Waals surface area contributed by atoms with Gasteiger partial charge in [0.1, 0.15) is 0 Å². The maximum Gasteiger partial charge on any atom is 0.251 e. The first-order valence-electron chi connectivity index (χ1n) is 11.1. The molecule has 1 unspecified atom stereocenters. The number of hydrogen-bond donors (Lipinski definition) is 1. The number of nitrogens with zero attached hydrogens (tertiary/aromatic N) is 2. The summed E-state index contributed by atoms with van der Waals surface area (Å²) in [6.07, 6.45) is 0. The Bertz CT molecular complexity index is 881. The molecule has 1 fully saturated rings. The van der Waals surface area contributed by atoms with Gasteiger partial charge in [-0.1, -0.05) is 0 Å². The highest BCUT2D eigenvalue weighted by Crippen LogP contribution is 2.39. The number of nitrogens with one attached hydrogen (secondary N) is 1. The van der Waals surface area contributed by atoms with E-state index in [0.717, 1.165) is 37.4 Å². The lowest BCUT2D eigenvalue weighted by Crippen LogP contribution is -2.48. The van der Waals surface area contributed by atoms with Gasteiger partial charge in [0.25, 0.3) is 5.91 Å². The Balaban J connectivity index is 1.66. The fourth-order valence-electron chi connectivity index (χ4n) is 4.03. The molecule has 0 aliphatic carbocycles. The maximum atomic E-state index is 12.8. The summed E-state index contributed by atoms with van der Waals surface area (Å²) in [6, 6.07) is 11.9. The number of hydrogen-bond acceptors (Lipinski definition) is 6. The van der Waals surface area contributed by atoms with Crippen molar-refractivity contribution in [2.45, 2.75) is 32.9 Å². The van der Waals surface area contributed by atoms with E-state index in [2.05, 4.69) is 29.0 Å². The van der Waals surface area contributed by atoms with E-state index in [9.17, 15) is 4.79 Å². The smallest absolute Gasteiger partial charge is 0.251 e. The third kappa shape index (κ3) is 5.27. The van der Waals surface area contributed by atoms with Crippen molar-refractivity contribution in [1.82, 2.24) is 10.2 Å². The first kappa shape index (κ1) is 23.7. The van der Waals surface area contributed by atoms with Crippen molar-refractivity contribution >= 4 is 11.6 Å². The molecule has 1 amide bonds. The van der Waals surface area contributed by atoms with E-state index in [0.29, 0.717) is 28.9 Å². The lowest BCUT2D eigenvalue weighted by Gasteiger charge is -2.38. The van der Waals surface area contributed by atoms with E-state index in [-0.39, 0.29) is 11.9 Å². The van der Waals surface area contributed by atoms with Gasteiger partial charge in [-0.25, -0.2) is 0 Å². The first-order chi connectivity index (χ1) is 15.4. The number of rotatable bonds is 8. The molecule has 174 valence electrons. The molecule has 32 heavy (non-hydrogen) atoms. The molecule has 1 aliphatic rings. The lowest BCUT2D eigenvalue weighted by molar-refractivity contribution is 0.0939. The van der Waals surface area contributed by atoms with Crippen LogP contribution in [0.2, 0.25) is 0 Å². The molecule has 7 heteroatoms. The number of methoxy groups -OCH3 is 3. The molecule has 0 saturated carbocycles. The van der Waals surface area contributed by atoms with Crippen LogP contribution in [0, 0.1) is 0 Å². The average molecular weight is 442 g/mol. The van der Waals surface area contributed by atoms with Crippen molar-refractivity contribution in [3.8, 4) is 17.2 Å². The summed E-state index contributed by atoms with van der Waals surface area (Å²) in [5, 5.41) is 3.06. The molecule has 1 N–H and O–H groups in total. The second-order valence-electron chi connectivity index (χ2n) is 8.32. The molecule has 1 atom stereocenters. The Labute approximate surface area is 191 Å². The summed E-state index contributed by atoms with van der Waals surface area (Å²) in [7, 11) is 4.72. The summed E-state index contributed by atoms with van der Waals surface area (Å²) >= 11 is 0. The number of carbonyl (C=O) groups excluding carboxylic acids is 1. The zero-order chi connectivity index (χ0) is 23.3. The van der Waals surface area contributed by atoms with Crippen LogP contribution < -0.4 is 24.4 Å². The number of carbonyl (C=O) groups is 1. The van der Waals surface area contributed by atoms with E-state index in [1.54, 1.807) is 21.3 Å². The Morgan fingerprint density at radius 1 is 0.875 bits per heavy atom. The minimum absolute atomic E-state index is 0.123. The average Bonchev–Trinajstić information content (AvgIpc) is 2.83. The third-order valence-electron chi connectivity index (χ3n) is 6.07. The molecule has 0 bridgehead atoms. The fraction of sp³-hybridized carbons (Fsp3) is 0.480. The predicted octanol–water partition coefficient (Wildman–Crippen LogP) is 3.73. The summed E-state index contributed by atoms with van der Waals surface area (Å²) in [5.41, 5.74) is 2.66. The normalized spacial score (nSPS) is 15.4. The summed E-state index contributed by atoms with van der Waals surface area (Å²) < 4.78 is 16.2. The number of anilines is 1. The van der Waals surface area contributed by atoms with E-state index < -0.39 is 0 Å². The quantitative estimate of drug-likeness (QED) is 0.674. The van der Waals surface area contributed by atoms with Gasteiger partial charge in [-0.05, 0) is 62.7 Å². The Hall–Kier alpha value is -2.93. The van der Waals surface area contributed by atoms with Gasteiger partial charge in [-0.2, -0.15) is 0 Å². The van der Waals surface area contributed by atoms with Crippen LogP contribution in [-0.4, -0.2) is 64.4 Å². The molecule has 2 aromatic carbocycles. The Morgan fingerprint density at radius 2 is 1.44 bits per heavy atom. The highest BCUT2D eigenvalue weighted by atomic mass is 16.5. The van der Waals surface area contributed by atoms with Gasteiger partial charge < -0.3 is 24.4 Å². The van der Waals surface area contributed by atoms with Crippen molar-refractivity contribution in [2.24, 2.45) is 0 Å². The second-order valence-corrected chi connectivity index (χ2v) is 8.32. The van der Waals surface area contributed by atoms with Crippen LogP contribution in [0.15, 0.2) is 36.4 Å². The van der Waals surface area contributed by atoms with Crippen LogP contribution in [0.3, 0.4) is 0 Å². The minimum Gasteiger partial charge on any atom is -0.493 e. The molecular weight excluding hydrogens is 406 g/mol. The van der Waals surface area contributed by atoms with Crippen molar-refractivity contribution in [3.63, 3.8) is 0 Å². The van der Waals surface area contributed by atoms with Crippen molar-refractivity contribution < 1.29 is 19.0 Å². The maximum absolute atomic E-state index is 12.8. The van der Waals surface area contributed by atoms with E-state index >= 15 is 0 Å². The monoisotopic (exact) mass is 441 g/mol. The number of amides is 1. The molecule has 3 rings (SSSR count). The van der Waals surface area contributed by atoms with Gasteiger partial charge >= 0.3 is 0 Å². The van der Waals surface area contributed by atoms with Crippen LogP contribution >= 0.6 is 0 Å². The van der Waals surface area contributed by atoms with Crippen molar-refractivity contribution in [1.29, 1.82) is 0 Å². The highest BCUT2D eigenvalue weighted by Gasteiger charge is 2.20. The molecule has 7 nitrogen and oxygen atoms in total. The zero-order valence-corrected chi connectivity index (χ0v) is 20.0. The highest BCUT2D eigenvalue weighted by molar-refractivity contribution is 5.94.